The van der Waals surface area contributed by atoms with Crippen molar-refractivity contribution >= 4 is 22.1 Å². The van der Waals surface area contributed by atoms with Crippen LogP contribution < -0.4 is 0 Å². The van der Waals surface area contributed by atoms with Gasteiger partial charge in [0, 0.05) is 19.4 Å². The van der Waals surface area contributed by atoms with Crippen molar-refractivity contribution < 1.29 is 0 Å². The lowest BCUT2D eigenvalue weighted by molar-refractivity contribution is 0.886. The van der Waals surface area contributed by atoms with E-state index in [1.807, 2.05) is 26.1 Å². The van der Waals surface area contributed by atoms with E-state index >= 15 is 0 Å². The van der Waals surface area contributed by atoms with Gasteiger partial charge in [-0.3, -0.25) is 9.97 Å². The van der Waals surface area contributed by atoms with Gasteiger partial charge in [-0.2, -0.15) is 0 Å². The molecule has 0 aliphatic heterocycles. The van der Waals surface area contributed by atoms with E-state index < -0.39 is 0 Å². The molecule has 4 nitrogen and oxygen atoms in total. The standard InChI is InChI=1S/C11H10N4/c1-7-14-10-5-8-9(13-4-3-12-8)6-11(10)15(7)2/h3-6H,1-2H3. The summed E-state index contributed by atoms with van der Waals surface area (Å²) in [5.74, 6) is 1.00. The van der Waals surface area contributed by atoms with Crippen molar-refractivity contribution in [2.75, 3.05) is 0 Å². The molecule has 4 heteroatoms. The molecule has 0 N–H and O–H groups in total. The maximum atomic E-state index is 4.46. The molecule has 2 heterocycles. The van der Waals surface area contributed by atoms with Crippen LogP contribution in [-0.2, 0) is 7.05 Å². The number of hydrogen-bond acceptors (Lipinski definition) is 3. The number of hydrogen-bond donors (Lipinski definition) is 0. The summed E-state index contributed by atoms with van der Waals surface area (Å²) in [5, 5.41) is 0. The van der Waals surface area contributed by atoms with Gasteiger partial charge in [0.15, 0.2) is 0 Å². The normalized spacial score (nSPS) is 11.3. The zero-order valence-corrected chi connectivity index (χ0v) is 8.60. The third-order valence-corrected chi connectivity index (χ3v) is 2.69. The highest BCUT2D eigenvalue weighted by Crippen LogP contribution is 2.19. The van der Waals surface area contributed by atoms with Crippen molar-refractivity contribution in [2.24, 2.45) is 7.05 Å². The Balaban J connectivity index is 2.53. The van der Waals surface area contributed by atoms with Crippen LogP contribution in [0.25, 0.3) is 22.1 Å². The summed E-state index contributed by atoms with van der Waals surface area (Å²) < 4.78 is 2.06. The predicted molar refractivity (Wildman–Crippen MR) is 58.5 cm³/mol. The lowest BCUT2D eigenvalue weighted by Crippen LogP contribution is -1.90. The van der Waals surface area contributed by atoms with Crippen molar-refractivity contribution in [1.29, 1.82) is 0 Å². The third-order valence-electron chi connectivity index (χ3n) is 2.69. The first kappa shape index (κ1) is 8.35. The second-order valence-electron chi connectivity index (χ2n) is 3.60. The van der Waals surface area contributed by atoms with E-state index in [1.165, 1.54) is 0 Å². The van der Waals surface area contributed by atoms with Gasteiger partial charge < -0.3 is 4.57 Å². The van der Waals surface area contributed by atoms with E-state index in [1.54, 1.807) is 12.4 Å². The number of aromatic nitrogens is 4. The predicted octanol–water partition coefficient (Wildman–Crippen LogP) is 1.82. The van der Waals surface area contributed by atoms with Gasteiger partial charge in [-0.1, -0.05) is 0 Å². The molecule has 1 aromatic carbocycles. The monoisotopic (exact) mass is 198 g/mol. The zero-order valence-electron chi connectivity index (χ0n) is 8.60. The van der Waals surface area contributed by atoms with E-state index in [0.29, 0.717) is 0 Å². The lowest BCUT2D eigenvalue weighted by Gasteiger charge is -1.98. The summed E-state index contributed by atoms with van der Waals surface area (Å²) in [6.07, 6.45) is 3.40. The Morgan fingerprint density at radius 1 is 1.00 bits per heavy atom. The number of nitrogens with zero attached hydrogens (tertiary/aromatic N) is 4. The minimum Gasteiger partial charge on any atom is -0.331 e. The van der Waals surface area contributed by atoms with Crippen LogP contribution >= 0.6 is 0 Å². The Kier molecular flexibility index (Phi) is 1.54. The molecule has 0 bridgehead atoms. The number of imidazole rings is 1. The van der Waals surface area contributed by atoms with E-state index in [2.05, 4.69) is 19.5 Å². The Hall–Kier alpha value is -1.97. The van der Waals surface area contributed by atoms with Crippen LogP contribution in [0.5, 0.6) is 0 Å². The van der Waals surface area contributed by atoms with E-state index in [4.69, 9.17) is 0 Å². The Bertz CT molecular complexity index is 654. The summed E-state index contributed by atoms with van der Waals surface area (Å²) in [6.45, 7) is 1.99. The van der Waals surface area contributed by atoms with Gasteiger partial charge in [-0.15, -0.1) is 0 Å². The number of aryl methyl sites for hydroxylation is 2. The van der Waals surface area contributed by atoms with Crippen LogP contribution in [0.1, 0.15) is 5.82 Å². The smallest absolute Gasteiger partial charge is 0.106 e. The van der Waals surface area contributed by atoms with Gasteiger partial charge in [-0.25, -0.2) is 4.98 Å². The molecule has 0 spiro atoms. The molecule has 3 aromatic rings. The fourth-order valence-corrected chi connectivity index (χ4v) is 1.77. The molecule has 3 rings (SSSR count). The highest BCUT2D eigenvalue weighted by Gasteiger charge is 2.06. The van der Waals surface area contributed by atoms with Gasteiger partial charge in [0.05, 0.1) is 22.1 Å². The molecular formula is C11H10N4. The zero-order chi connectivity index (χ0) is 10.4. The van der Waals surface area contributed by atoms with Crippen molar-refractivity contribution in [2.45, 2.75) is 6.92 Å². The van der Waals surface area contributed by atoms with Crippen LogP contribution in [0.2, 0.25) is 0 Å². The molecule has 0 saturated heterocycles. The Morgan fingerprint density at radius 3 is 2.40 bits per heavy atom. The number of benzene rings is 1. The van der Waals surface area contributed by atoms with Gasteiger partial charge in [0.25, 0.3) is 0 Å². The second kappa shape index (κ2) is 2.76. The lowest BCUT2D eigenvalue weighted by atomic mass is 10.2. The van der Waals surface area contributed by atoms with Gasteiger partial charge >= 0.3 is 0 Å². The van der Waals surface area contributed by atoms with Crippen LogP contribution in [0.3, 0.4) is 0 Å². The van der Waals surface area contributed by atoms with E-state index in [0.717, 1.165) is 27.9 Å². The fourth-order valence-electron chi connectivity index (χ4n) is 1.77. The minimum atomic E-state index is 0.892. The SMILES string of the molecule is Cc1nc2cc3nccnc3cc2n1C. The van der Waals surface area contributed by atoms with E-state index in [9.17, 15) is 0 Å². The molecular weight excluding hydrogens is 188 g/mol. The molecule has 0 amide bonds. The molecule has 0 fully saturated rings. The van der Waals surface area contributed by atoms with Gasteiger partial charge in [0.2, 0.25) is 0 Å². The van der Waals surface area contributed by atoms with E-state index in [-0.39, 0.29) is 0 Å². The van der Waals surface area contributed by atoms with Gasteiger partial charge in [0.1, 0.15) is 5.82 Å². The van der Waals surface area contributed by atoms with Crippen molar-refractivity contribution in [3.05, 3.63) is 30.4 Å². The minimum absolute atomic E-state index is 0.892. The average molecular weight is 198 g/mol. The van der Waals surface area contributed by atoms with Crippen molar-refractivity contribution in [1.82, 2.24) is 19.5 Å². The molecule has 15 heavy (non-hydrogen) atoms. The largest absolute Gasteiger partial charge is 0.331 e. The quantitative estimate of drug-likeness (QED) is 0.553. The Morgan fingerprint density at radius 2 is 1.67 bits per heavy atom. The highest BCUT2D eigenvalue weighted by molar-refractivity contribution is 5.91. The maximum Gasteiger partial charge on any atom is 0.106 e. The fraction of sp³-hybridized carbons (Fsp3) is 0.182. The molecule has 74 valence electrons. The van der Waals surface area contributed by atoms with Gasteiger partial charge in [-0.05, 0) is 19.1 Å². The first-order valence-corrected chi connectivity index (χ1v) is 4.79. The topological polar surface area (TPSA) is 43.6 Å². The molecule has 0 aliphatic rings. The number of fused-ring (bicyclic) bond motifs is 2. The van der Waals surface area contributed by atoms with Crippen LogP contribution in [0, 0.1) is 6.92 Å². The van der Waals surface area contributed by atoms with Crippen molar-refractivity contribution in [3.63, 3.8) is 0 Å². The van der Waals surface area contributed by atoms with Crippen LogP contribution in [0.15, 0.2) is 24.5 Å². The molecule has 0 radical (unpaired) electrons. The maximum absolute atomic E-state index is 4.46. The van der Waals surface area contributed by atoms with Crippen LogP contribution in [-0.4, -0.2) is 19.5 Å². The molecule has 0 unspecified atom stereocenters. The molecule has 0 aliphatic carbocycles. The summed E-state index contributed by atoms with van der Waals surface area (Å²) in [6, 6.07) is 4.00. The van der Waals surface area contributed by atoms with Crippen LogP contribution in [0.4, 0.5) is 0 Å². The molecule has 0 atom stereocenters. The Labute approximate surface area is 86.6 Å². The third kappa shape index (κ3) is 1.11. The highest BCUT2D eigenvalue weighted by atomic mass is 15.0. The summed E-state index contributed by atoms with van der Waals surface area (Å²) in [5.41, 5.74) is 3.87. The summed E-state index contributed by atoms with van der Waals surface area (Å²) in [4.78, 5) is 13.0. The summed E-state index contributed by atoms with van der Waals surface area (Å²) in [7, 11) is 2.01. The number of rotatable bonds is 0. The average Bonchev–Trinajstić information content (AvgIpc) is 2.52. The summed E-state index contributed by atoms with van der Waals surface area (Å²) >= 11 is 0. The first-order chi connectivity index (χ1) is 7.25. The first-order valence-electron chi connectivity index (χ1n) is 4.79. The second-order valence-corrected chi connectivity index (χ2v) is 3.60. The molecule has 2 aromatic heterocycles. The molecule has 0 saturated carbocycles. The van der Waals surface area contributed by atoms with Crippen molar-refractivity contribution in [3.8, 4) is 0 Å².